The van der Waals surface area contributed by atoms with Crippen molar-refractivity contribution in [2.24, 2.45) is 7.05 Å². The summed E-state index contributed by atoms with van der Waals surface area (Å²) < 4.78 is 8.29. The van der Waals surface area contributed by atoms with Crippen LogP contribution in [0.1, 0.15) is 64.3 Å². The summed E-state index contributed by atoms with van der Waals surface area (Å²) in [4.78, 5) is 49.4. The van der Waals surface area contributed by atoms with Crippen LogP contribution in [0.25, 0.3) is 11.0 Å². The highest BCUT2D eigenvalue weighted by Crippen LogP contribution is 2.31. The van der Waals surface area contributed by atoms with Crippen LogP contribution in [-0.4, -0.2) is 60.3 Å². The number of benzene rings is 1. The zero-order valence-electron chi connectivity index (χ0n) is 21.7. The Kier molecular flexibility index (Phi) is 6.98. The van der Waals surface area contributed by atoms with Crippen LogP contribution in [0.15, 0.2) is 40.6 Å². The number of aromatic nitrogens is 5. The van der Waals surface area contributed by atoms with Gasteiger partial charge in [0.1, 0.15) is 22.7 Å². The molecule has 1 saturated heterocycles. The van der Waals surface area contributed by atoms with Crippen molar-refractivity contribution in [3.05, 3.63) is 68.3 Å². The summed E-state index contributed by atoms with van der Waals surface area (Å²) in [6.45, 7) is 6.78. The summed E-state index contributed by atoms with van der Waals surface area (Å²) in [5.41, 5.74) is 3.42. The maximum absolute atomic E-state index is 13.0. The third kappa shape index (κ3) is 5.17. The average molecular weight is 536 g/mol. The first-order valence-corrected chi connectivity index (χ1v) is 13.3. The number of carbonyl (C=O) groups is 2. The number of nitrogens with zero attached hydrogens (tertiary/aromatic N) is 6. The first-order valence-electron chi connectivity index (χ1n) is 12.5. The number of rotatable bonds is 6. The number of carbonyl (C=O) groups excluding carboxylic acids is 2. The van der Waals surface area contributed by atoms with Gasteiger partial charge in [0.05, 0.1) is 11.1 Å². The highest BCUT2D eigenvalue weighted by atomic mass is 32.1. The Hall–Kier alpha value is -4.06. The lowest BCUT2D eigenvalue weighted by Gasteiger charge is -2.31. The minimum Gasteiger partial charge on any atom is -0.491 e. The Morgan fingerprint density at radius 2 is 1.84 bits per heavy atom. The van der Waals surface area contributed by atoms with Crippen LogP contribution in [0.4, 0.5) is 0 Å². The summed E-state index contributed by atoms with van der Waals surface area (Å²) in [7, 11) is 1.71. The molecule has 4 aromatic rings. The van der Waals surface area contributed by atoms with E-state index in [0.29, 0.717) is 35.5 Å². The fourth-order valence-corrected chi connectivity index (χ4v) is 5.48. The first kappa shape index (κ1) is 25.6. The number of hydrogen-bond acceptors (Lipinski definition) is 8. The number of likely N-dealkylation sites (tertiary alicyclic amines) is 1. The van der Waals surface area contributed by atoms with Crippen LogP contribution in [0, 0.1) is 6.92 Å². The van der Waals surface area contributed by atoms with E-state index >= 15 is 0 Å². The van der Waals surface area contributed by atoms with E-state index in [4.69, 9.17) is 4.74 Å². The van der Waals surface area contributed by atoms with Gasteiger partial charge in [-0.05, 0) is 57.9 Å². The molecule has 11 nitrogen and oxygen atoms in total. The van der Waals surface area contributed by atoms with Crippen LogP contribution in [0.2, 0.25) is 0 Å². The standard InChI is InChI=1S/C26H29N7O4S/c1-15(2)37-19-7-5-18(6-8-19)25(35)32-11-9-17(10-12-32)24-28-21(14-38-24)23(34)30-33-16(3)27-22-20(26(33)36)13-31(4)29-22/h5-8,13-15,17H,9-12H2,1-4H3,(H,30,34). The molecule has 1 aliphatic heterocycles. The van der Waals surface area contributed by atoms with Gasteiger partial charge in [0.15, 0.2) is 5.65 Å². The molecule has 0 radical (unpaired) electrons. The topological polar surface area (TPSA) is 124 Å². The molecule has 1 aromatic carbocycles. The number of amides is 2. The van der Waals surface area contributed by atoms with Crippen LogP contribution in [0.3, 0.4) is 0 Å². The third-order valence-electron chi connectivity index (χ3n) is 6.41. The lowest BCUT2D eigenvalue weighted by Crippen LogP contribution is -2.38. The number of fused-ring (bicyclic) bond motifs is 1. The van der Waals surface area contributed by atoms with E-state index in [9.17, 15) is 14.4 Å². The van der Waals surface area contributed by atoms with Crippen molar-refractivity contribution in [1.29, 1.82) is 0 Å². The highest BCUT2D eigenvalue weighted by Gasteiger charge is 2.27. The summed E-state index contributed by atoms with van der Waals surface area (Å²) in [6, 6.07) is 7.24. The summed E-state index contributed by atoms with van der Waals surface area (Å²) >= 11 is 1.42. The first-order chi connectivity index (χ1) is 18.2. The van der Waals surface area contributed by atoms with E-state index in [1.54, 1.807) is 37.7 Å². The van der Waals surface area contributed by atoms with Crippen molar-refractivity contribution in [3.8, 4) is 5.75 Å². The Bertz CT molecular complexity index is 1550. The number of hydrogen-bond donors (Lipinski definition) is 1. The molecule has 0 spiro atoms. The second-order valence-electron chi connectivity index (χ2n) is 9.61. The quantitative estimate of drug-likeness (QED) is 0.402. The molecular weight excluding hydrogens is 506 g/mol. The number of thiazole rings is 1. The smallest absolute Gasteiger partial charge is 0.289 e. The summed E-state index contributed by atoms with van der Waals surface area (Å²) in [5.74, 6) is 0.737. The molecule has 2 amide bonds. The van der Waals surface area contributed by atoms with Gasteiger partial charge in [-0.15, -0.1) is 11.3 Å². The Morgan fingerprint density at radius 3 is 2.53 bits per heavy atom. The van der Waals surface area contributed by atoms with Gasteiger partial charge < -0.3 is 9.64 Å². The molecule has 12 heteroatoms. The molecule has 1 aliphatic rings. The van der Waals surface area contributed by atoms with E-state index in [1.807, 2.05) is 30.9 Å². The number of aryl methyl sites for hydroxylation is 2. The molecule has 0 aliphatic carbocycles. The van der Waals surface area contributed by atoms with Crippen LogP contribution < -0.4 is 15.7 Å². The zero-order chi connectivity index (χ0) is 27.0. The molecule has 0 unspecified atom stereocenters. The Labute approximate surface area is 223 Å². The fraction of sp³-hybridized carbons (Fsp3) is 0.385. The number of piperidine rings is 1. The molecule has 38 heavy (non-hydrogen) atoms. The molecule has 0 saturated carbocycles. The molecule has 3 aromatic heterocycles. The molecular formula is C26H29N7O4S. The maximum atomic E-state index is 13.0. The largest absolute Gasteiger partial charge is 0.491 e. The van der Waals surface area contributed by atoms with Crippen molar-refractivity contribution < 1.29 is 14.3 Å². The zero-order valence-corrected chi connectivity index (χ0v) is 22.5. The normalized spacial score (nSPS) is 14.3. The van der Waals surface area contributed by atoms with Crippen molar-refractivity contribution in [3.63, 3.8) is 0 Å². The van der Waals surface area contributed by atoms with Gasteiger partial charge >= 0.3 is 0 Å². The maximum Gasteiger partial charge on any atom is 0.289 e. The van der Waals surface area contributed by atoms with Crippen molar-refractivity contribution in [1.82, 2.24) is 29.3 Å². The van der Waals surface area contributed by atoms with Crippen LogP contribution in [0.5, 0.6) is 5.75 Å². The van der Waals surface area contributed by atoms with Gasteiger partial charge in [0, 0.05) is 43.2 Å². The van der Waals surface area contributed by atoms with Crippen LogP contribution >= 0.6 is 11.3 Å². The van der Waals surface area contributed by atoms with Gasteiger partial charge in [-0.3, -0.25) is 24.5 Å². The summed E-state index contributed by atoms with van der Waals surface area (Å²) in [6.07, 6.45) is 3.17. The van der Waals surface area contributed by atoms with E-state index in [0.717, 1.165) is 28.3 Å². The van der Waals surface area contributed by atoms with Gasteiger partial charge in [-0.2, -0.15) is 5.10 Å². The highest BCUT2D eigenvalue weighted by molar-refractivity contribution is 7.09. The third-order valence-corrected chi connectivity index (χ3v) is 7.41. The predicted octanol–water partition coefficient (Wildman–Crippen LogP) is 3.09. The molecule has 0 bridgehead atoms. The minimum absolute atomic E-state index is 0.00115. The second kappa shape index (κ2) is 10.4. The van der Waals surface area contributed by atoms with E-state index < -0.39 is 11.5 Å². The number of ether oxygens (including phenoxy) is 1. The van der Waals surface area contributed by atoms with Gasteiger partial charge in [-0.1, -0.05) is 0 Å². The lowest BCUT2D eigenvalue weighted by molar-refractivity contribution is 0.0713. The molecule has 198 valence electrons. The molecule has 1 N–H and O–H groups in total. The van der Waals surface area contributed by atoms with Crippen molar-refractivity contribution in [2.45, 2.75) is 45.6 Å². The SMILES string of the molecule is Cc1nc2nn(C)cc2c(=O)n1NC(=O)c1csc(C2CCN(C(=O)c3ccc(OC(C)C)cc3)CC2)n1. The van der Waals surface area contributed by atoms with Gasteiger partial charge in [-0.25, -0.2) is 14.6 Å². The van der Waals surface area contributed by atoms with E-state index in [2.05, 4.69) is 20.5 Å². The lowest BCUT2D eigenvalue weighted by atomic mass is 9.97. The van der Waals surface area contributed by atoms with Gasteiger partial charge in [0.2, 0.25) is 0 Å². The molecule has 4 heterocycles. The molecule has 0 atom stereocenters. The van der Waals surface area contributed by atoms with E-state index in [-0.39, 0.29) is 23.6 Å². The second-order valence-corrected chi connectivity index (χ2v) is 10.5. The Morgan fingerprint density at radius 1 is 1.13 bits per heavy atom. The minimum atomic E-state index is -0.486. The Balaban J connectivity index is 1.21. The fourth-order valence-electron chi connectivity index (χ4n) is 4.51. The number of nitrogens with one attached hydrogen (secondary N) is 1. The monoisotopic (exact) mass is 535 g/mol. The van der Waals surface area contributed by atoms with Crippen molar-refractivity contribution in [2.75, 3.05) is 18.5 Å². The molecule has 5 rings (SSSR count). The van der Waals surface area contributed by atoms with Gasteiger partial charge in [0.25, 0.3) is 17.4 Å². The summed E-state index contributed by atoms with van der Waals surface area (Å²) in [5, 5.41) is 7.01. The average Bonchev–Trinajstić information content (AvgIpc) is 3.53. The predicted molar refractivity (Wildman–Crippen MR) is 143 cm³/mol. The van der Waals surface area contributed by atoms with Crippen LogP contribution in [-0.2, 0) is 7.05 Å². The molecule has 1 fully saturated rings. The van der Waals surface area contributed by atoms with E-state index in [1.165, 1.54) is 16.0 Å². The van der Waals surface area contributed by atoms with Crippen molar-refractivity contribution >= 4 is 34.2 Å².